The molecule has 2 rings (SSSR count). The van der Waals surface area contributed by atoms with Gasteiger partial charge in [0.15, 0.2) is 0 Å². The highest BCUT2D eigenvalue weighted by molar-refractivity contribution is 5.17. The second-order valence-electron chi connectivity index (χ2n) is 5.08. The van der Waals surface area contributed by atoms with Crippen LogP contribution in [0, 0.1) is 5.92 Å². The fourth-order valence-electron chi connectivity index (χ4n) is 2.77. The van der Waals surface area contributed by atoms with Crippen LogP contribution in [0.15, 0.2) is 6.20 Å². The molecule has 96 valence electrons. The lowest BCUT2D eigenvalue weighted by Gasteiger charge is -2.15. The third kappa shape index (κ3) is 3.07. The quantitative estimate of drug-likeness (QED) is 0.829. The highest BCUT2D eigenvalue weighted by atomic mass is 15.3. The lowest BCUT2D eigenvalue weighted by Crippen LogP contribution is -2.24. The summed E-state index contributed by atoms with van der Waals surface area (Å²) < 4.78 is 1.94. The zero-order valence-corrected chi connectivity index (χ0v) is 11.2. The molecule has 1 aliphatic rings. The van der Waals surface area contributed by atoms with Crippen molar-refractivity contribution in [1.82, 2.24) is 20.0 Å². The minimum atomic E-state index is 0.821. The van der Waals surface area contributed by atoms with Gasteiger partial charge < -0.3 is 5.32 Å². The molecule has 0 bridgehead atoms. The van der Waals surface area contributed by atoms with Gasteiger partial charge in [-0.1, -0.05) is 6.92 Å². The van der Waals surface area contributed by atoms with Crippen molar-refractivity contribution < 1.29 is 0 Å². The number of likely N-dealkylation sites (tertiary alicyclic amines) is 1. The summed E-state index contributed by atoms with van der Waals surface area (Å²) in [6.07, 6.45) is 4.52. The van der Waals surface area contributed by atoms with E-state index in [0.29, 0.717) is 0 Å². The Morgan fingerprint density at radius 1 is 1.53 bits per heavy atom. The number of hydrogen-bond donors (Lipinski definition) is 1. The number of nitrogens with zero attached hydrogens (tertiary/aromatic N) is 3. The van der Waals surface area contributed by atoms with Gasteiger partial charge in [-0.25, -0.2) is 0 Å². The molecule has 17 heavy (non-hydrogen) atoms. The van der Waals surface area contributed by atoms with E-state index in [9.17, 15) is 0 Å². The second-order valence-corrected chi connectivity index (χ2v) is 5.08. The highest BCUT2D eigenvalue weighted by Crippen LogP contribution is 2.19. The minimum absolute atomic E-state index is 0.821. The molecule has 1 fully saturated rings. The fraction of sp³-hybridized carbons (Fsp3) is 0.769. The zero-order chi connectivity index (χ0) is 12.3. The first-order valence-corrected chi connectivity index (χ1v) is 6.61. The first-order valence-electron chi connectivity index (χ1n) is 6.61. The van der Waals surface area contributed by atoms with E-state index < -0.39 is 0 Å². The SMILES string of the molecule is CCc1nn(C)cc1CN1CCC(CNC)C1. The summed E-state index contributed by atoms with van der Waals surface area (Å²) >= 11 is 0. The summed E-state index contributed by atoms with van der Waals surface area (Å²) in [5, 5.41) is 7.78. The van der Waals surface area contributed by atoms with E-state index in [1.165, 1.54) is 30.8 Å². The van der Waals surface area contributed by atoms with Gasteiger partial charge in [0.1, 0.15) is 0 Å². The molecule has 1 N–H and O–H groups in total. The molecular weight excluding hydrogens is 212 g/mol. The summed E-state index contributed by atoms with van der Waals surface area (Å²) in [6.45, 7) is 6.84. The van der Waals surface area contributed by atoms with Crippen LogP contribution in [0.4, 0.5) is 0 Å². The first kappa shape index (κ1) is 12.6. The van der Waals surface area contributed by atoms with Gasteiger partial charge in [0.05, 0.1) is 5.69 Å². The lowest BCUT2D eigenvalue weighted by molar-refractivity contribution is 0.314. The van der Waals surface area contributed by atoms with Crippen molar-refractivity contribution in [3.05, 3.63) is 17.5 Å². The largest absolute Gasteiger partial charge is 0.319 e. The molecule has 4 nitrogen and oxygen atoms in total. The molecule has 0 amide bonds. The summed E-state index contributed by atoms with van der Waals surface area (Å²) in [4.78, 5) is 2.55. The van der Waals surface area contributed by atoms with Crippen molar-refractivity contribution in [3.63, 3.8) is 0 Å². The third-order valence-electron chi connectivity index (χ3n) is 3.58. The third-order valence-corrected chi connectivity index (χ3v) is 3.58. The predicted molar refractivity (Wildman–Crippen MR) is 69.9 cm³/mol. The van der Waals surface area contributed by atoms with Crippen molar-refractivity contribution in [3.8, 4) is 0 Å². The van der Waals surface area contributed by atoms with E-state index in [2.05, 4.69) is 28.4 Å². The zero-order valence-electron chi connectivity index (χ0n) is 11.2. The van der Waals surface area contributed by atoms with Crippen LogP contribution in [0.3, 0.4) is 0 Å². The van der Waals surface area contributed by atoms with Gasteiger partial charge in [0.2, 0.25) is 0 Å². The van der Waals surface area contributed by atoms with Crippen molar-refractivity contribution in [1.29, 1.82) is 0 Å². The average molecular weight is 236 g/mol. The molecule has 0 saturated carbocycles. The van der Waals surface area contributed by atoms with Crippen LogP contribution >= 0.6 is 0 Å². The van der Waals surface area contributed by atoms with Crippen molar-refractivity contribution in [2.45, 2.75) is 26.3 Å². The van der Waals surface area contributed by atoms with Crippen LogP contribution < -0.4 is 5.32 Å². The van der Waals surface area contributed by atoms with E-state index in [1.54, 1.807) is 0 Å². The summed E-state index contributed by atoms with van der Waals surface area (Å²) in [5.41, 5.74) is 2.66. The summed E-state index contributed by atoms with van der Waals surface area (Å²) in [6, 6.07) is 0. The Balaban J connectivity index is 1.93. The van der Waals surface area contributed by atoms with Crippen LogP contribution in [-0.2, 0) is 20.0 Å². The number of aromatic nitrogens is 2. The van der Waals surface area contributed by atoms with Crippen molar-refractivity contribution in [2.24, 2.45) is 13.0 Å². The standard InChI is InChI=1S/C13H24N4/c1-4-13-12(9-16(3)15-13)10-17-6-5-11(8-17)7-14-2/h9,11,14H,4-8,10H2,1-3H3. The topological polar surface area (TPSA) is 33.1 Å². The Morgan fingerprint density at radius 2 is 2.35 bits per heavy atom. The molecule has 0 aliphatic carbocycles. The summed E-state index contributed by atoms with van der Waals surface area (Å²) in [5.74, 6) is 0.821. The number of rotatable bonds is 5. The Kier molecular flexibility index (Phi) is 4.18. The monoisotopic (exact) mass is 236 g/mol. The number of hydrogen-bond acceptors (Lipinski definition) is 3. The molecule has 0 aromatic carbocycles. The normalized spacial score (nSPS) is 21.2. The molecular formula is C13H24N4. The second kappa shape index (κ2) is 5.65. The van der Waals surface area contributed by atoms with Gasteiger partial charge >= 0.3 is 0 Å². The lowest BCUT2D eigenvalue weighted by atomic mass is 10.1. The molecule has 1 aliphatic heterocycles. The fourth-order valence-corrected chi connectivity index (χ4v) is 2.77. The maximum atomic E-state index is 4.50. The van der Waals surface area contributed by atoms with Crippen LogP contribution in [0.25, 0.3) is 0 Å². The maximum Gasteiger partial charge on any atom is 0.0666 e. The highest BCUT2D eigenvalue weighted by Gasteiger charge is 2.22. The molecule has 1 atom stereocenters. The molecule has 1 aromatic rings. The first-order chi connectivity index (χ1) is 8.22. The molecule has 0 radical (unpaired) electrons. The van der Waals surface area contributed by atoms with E-state index in [-0.39, 0.29) is 0 Å². The van der Waals surface area contributed by atoms with Crippen molar-refractivity contribution in [2.75, 3.05) is 26.7 Å². The number of nitrogens with one attached hydrogen (secondary N) is 1. The Morgan fingerprint density at radius 3 is 3.06 bits per heavy atom. The van der Waals surface area contributed by atoms with E-state index in [4.69, 9.17) is 0 Å². The van der Waals surface area contributed by atoms with Gasteiger partial charge in [-0.15, -0.1) is 0 Å². The molecule has 1 aromatic heterocycles. The summed E-state index contributed by atoms with van der Waals surface area (Å²) in [7, 11) is 4.05. The van der Waals surface area contributed by atoms with Crippen LogP contribution in [0.5, 0.6) is 0 Å². The number of aryl methyl sites for hydroxylation is 2. The van der Waals surface area contributed by atoms with Crippen LogP contribution in [0.1, 0.15) is 24.6 Å². The Labute approximate surface area is 104 Å². The molecule has 1 unspecified atom stereocenters. The average Bonchev–Trinajstić information content (AvgIpc) is 2.87. The van der Waals surface area contributed by atoms with Gasteiger partial charge in [0.25, 0.3) is 0 Å². The van der Waals surface area contributed by atoms with Gasteiger partial charge in [-0.05, 0) is 38.9 Å². The van der Waals surface area contributed by atoms with E-state index >= 15 is 0 Å². The molecule has 1 saturated heterocycles. The van der Waals surface area contributed by atoms with Crippen LogP contribution in [0.2, 0.25) is 0 Å². The van der Waals surface area contributed by atoms with Gasteiger partial charge in [-0.2, -0.15) is 5.10 Å². The van der Waals surface area contributed by atoms with E-state index in [1.807, 2.05) is 18.8 Å². The Bertz CT molecular complexity index is 358. The van der Waals surface area contributed by atoms with E-state index in [0.717, 1.165) is 25.4 Å². The molecule has 2 heterocycles. The maximum absolute atomic E-state index is 4.50. The van der Waals surface area contributed by atoms with Crippen molar-refractivity contribution >= 4 is 0 Å². The van der Waals surface area contributed by atoms with Gasteiger partial charge in [-0.3, -0.25) is 9.58 Å². The molecule has 0 spiro atoms. The smallest absolute Gasteiger partial charge is 0.0666 e. The predicted octanol–water partition coefficient (Wildman–Crippen LogP) is 1.02. The van der Waals surface area contributed by atoms with Gasteiger partial charge in [0, 0.05) is 31.9 Å². The van der Waals surface area contributed by atoms with Crippen LogP contribution in [-0.4, -0.2) is 41.4 Å². The Hall–Kier alpha value is -0.870. The minimum Gasteiger partial charge on any atom is -0.319 e. The molecule has 4 heteroatoms.